The van der Waals surface area contributed by atoms with E-state index in [1.165, 1.54) is 0 Å². The molecule has 2 fully saturated rings. The van der Waals surface area contributed by atoms with Gasteiger partial charge in [0.05, 0.1) is 32.0 Å². The smallest absolute Gasteiger partial charge is 0.306 e. The molecule has 8 heteroatoms. The van der Waals surface area contributed by atoms with E-state index >= 15 is 0 Å². The van der Waals surface area contributed by atoms with Gasteiger partial charge in [-0.1, -0.05) is 50.5 Å². The van der Waals surface area contributed by atoms with Gasteiger partial charge in [-0.15, -0.1) is 11.6 Å². The molecule has 1 aliphatic heterocycles. The monoisotopic (exact) mass is 551 g/mol. The highest BCUT2D eigenvalue weighted by Crippen LogP contribution is 2.39. The van der Waals surface area contributed by atoms with Gasteiger partial charge in [-0.25, -0.2) is 0 Å². The molecule has 5 atom stereocenters. The van der Waals surface area contributed by atoms with Crippen molar-refractivity contribution < 1.29 is 29.2 Å². The standard InChI is InChI=1S/C30H46ClNO6/c1-2-3-5-9-28(33)23-11-13-24(14-12-23)38-22-26-25(27(31)21-29(26)34)8-6-4-7-10-30(35)37-20-17-32-15-18-36-19-16-32/h4,6,11-14,25-29,33-34H,2-3,5,7-10,15-22H2,1H3/b6-4-/t25-,26-,27-,28?,29-/m1/s1. The van der Waals surface area contributed by atoms with E-state index in [0.29, 0.717) is 32.5 Å². The molecule has 38 heavy (non-hydrogen) atoms. The van der Waals surface area contributed by atoms with Crippen molar-refractivity contribution in [1.82, 2.24) is 4.90 Å². The number of allylic oxidation sites excluding steroid dienone is 2. The zero-order valence-corrected chi connectivity index (χ0v) is 23.6. The minimum atomic E-state index is -0.503. The largest absolute Gasteiger partial charge is 0.493 e. The summed E-state index contributed by atoms with van der Waals surface area (Å²) in [6.45, 7) is 6.96. The van der Waals surface area contributed by atoms with Crippen LogP contribution in [-0.2, 0) is 14.3 Å². The van der Waals surface area contributed by atoms with Crippen molar-refractivity contribution in [2.75, 3.05) is 46.1 Å². The highest BCUT2D eigenvalue weighted by molar-refractivity contribution is 6.21. The lowest BCUT2D eigenvalue weighted by Crippen LogP contribution is -2.38. The van der Waals surface area contributed by atoms with Gasteiger partial charge in [0.2, 0.25) is 0 Å². The summed E-state index contributed by atoms with van der Waals surface area (Å²) in [5, 5.41) is 20.8. The summed E-state index contributed by atoms with van der Waals surface area (Å²) in [6, 6.07) is 7.59. The number of ether oxygens (including phenoxy) is 3. The molecule has 0 radical (unpaired) electrons. The molecule has 1 aliphatic carbocycles. The van der Waals surface area contributed by atoms with Gasteiger partial charge >= 0.3 is 5.97 Å². The molecule has 3 rings (SSSR count). The first-order chi connectivity index (χ1) is 18.5. The van der Waals surface area contributed by atoms with E-state index in [4.69, 9.17) is 25.8 Å². The number of rotatable bonds is 16. The summed E-state index contributed by atoms with van der Waals surface area (Å²) in [4.78, 5) is 14.2. The SMILES string of the molecule is CCCCCC(O)c1ccc(OC[C@@H]2[C@@H](C/C=C\CCC(=O)OCCN3CCOCC3)[C@H](Cl)C[C@H]2O)cc1. The van der Waals surface area contributed by atoms with Gasteiger partial charge < -0.3 is 24.4 Å². The molecule has 0 spiro atoms. The first-order valence-corrected chi connectivity index (χ1v) is 14.7. The molecule has 0 amide bonds. The highest BCUT2D eigenvalue weighted by Gasteiger charge is 2.41. The lowest BCUT2D eigenvalue weighted by atomic mass is 9.92. The van der Waals surface area contributed by atoms with Crippen LogP contribution in [0.15, 0.2) is 36.4 Å². The fourth-order valence-corrected chi connectivity index (χ4v) is 5.65. The number of carbonyl (C=O) groups is 1. The number of carbonyl (C=O) groups excluding carboxylic acids is 1. The molecule has 1 saturated heterocycles. The molecule has 1 aromatic rings. The summed E-state index contributed by atoms with van der Waals surface area (Å²) in [5.74, 6) is 0.580. The zero-order chi connectivity index (χ0) is 27.2. The third-order valence-corrected chi connectivity index (χ3v) is 8.13. The first-order valence-electron chi connectivity index (χ1n) is 14.3. The molecule has 214 valence electrons. The summed E-state index contributed by atoms with van der Waals surface area (Å²) >= 11 is 6.58. The molecule has 1 heterocycles. The Bertz CT molecular complexity index is 829. The summed E-state index contributed by atoms with van der Waals surface area (Å²) in [6.07, 6.45) is 9.41. The maximum atomic E-state index is 12.0. The predicted octanol–water partition coefficient (Wildman–Crippen LogP) is 4.89. The molecule has 7 nitrogen and oxygen atoms in total. The van der Waals surface area contributed by atoms with Crippen molar-refractivity contribution in [3.63, 3.8) is 0 Å². The van der Waals surface area contributed by atoms with E-state index < -0.39 is 12.2 Å². The summed E-state index contributed by atoms with van der Waals surface area (Å²) < 4.78 is 16.7. The third-order valence-electron chi connectivity index (χ3n) is 7.63. The topological polar surface area (TPSA) is 88.5 Å². The van der Waals surface area contributed by atoms with E-state index in [1.54, 1.807) is 0 Å². The Kier molecular flexibility index (Phi) is 13.9. The van der Waals surface area contributed by atoms with Gasteiger partial charge in [-0.05, 0) is 49.3 Å². The van der Waals surface area contributed by atoms with E-state index in [0.717, 1.165) is 76.3 Å². The average molecular weight is 552 g/mol. The van der Waals surface area contributed by atoms with Gasteiger partial charge in [0.25, 0.3) is 0 Å². The first kappa shape index (κ1) is 30.9. The lowest BCUT2D eigenvalue weighted by Gasteiger charge is -2.26. The Morgan fingerprint density at radius 2 is 1.95 bits per heavy atom. The molecule has 2 N–H and O–H groups in total. The average Bonchev–Trinajstić information content (AvgIpc) is 3.19. The molecule has 2 aliphatic rings. The second-order valence-corrected chi connectivity index (χ2v) is 11.0. The number of unbranched alkanes of at least 4 members (excludes halogenated alkanes) is 2. The van der Waals surface area contributed by atoms with E-state index in [9.17, 15) is 15.0 Å². The Hall–Kier alpha value is -1.64. The van der Waals surface area contributed by atoms with Crippen LogP contribution in [0.25, 0.3) is 0 Å². The number of hydrogen-bond acceptors (Lipinski definition) is 7. The number of halogens is 1. The predicted molar refractivity (Wildman–Crippen MR) is 149 cm³/mol. The Morgan fingerprint density at radius 3 is 2.68 bits per heavy atom. The van der Waals surface area contributed by atoms with Gasteiger partial charge in [0.1, 0.15) is 12.4 Å². The molecular formula is C30H46ClNO6. The van der Waals surface area contributed by atoms with Crippen LogP contribution in [0.3, 0.4) is 0 Å². The Labute approximate surface area is 233 Å². The van der Waals surface area contributed by atoms with Crippen molar-refractivity contribution in [1.29, 1.82) is 0 Å². The maximum Gasteiger partial charge on any atom is 0.306 e. The molecule has 1 aromatic carbocycles. The number of esters is 1. The van der Waals surface area contributed by atoms with Crippen molar-refractivity contribution >= 4 is 17.6 Å². The van der Waals surface area contributed by atoms with Crippen LogP contribution in [0, 0.1) is 11.8 Å². The van der Waals surface area contributed by atoms with Crippen LogP contribution in [-0.4, -0.2) is 78.6 Å². The molecule has 0 bridgehead atoms. The number of morpholine rings is 1. The van der Waals surface area contributed by atoms with Gasteiger partial charge in [0, 0.05) is 37.4 Å². The van der Waals surface area contributed by atoms with E-state index in [2.05, 4.69) is 17.9 Å². The number of nitrogens with zero attached hydrogens (tertiary/aromatic N) is 1. The van der Waals surface area contributed by atoms with Crippen LogP contribution in [0.4, 0.5) is 0 Å². The van der Waals surface area contributed by atoms with Crippen LogP contribution in [0.1, 0.15) is 70.0 Å². The number of aliphatic hydroxyl groups is 2. The molecular weight excluding hydrogens is 506 g/mol. The fourth-order valence-electron chi connectivity index (χ4n) is 5.18. The number of aliphatic hydroxyl groups excluding tert-OH is 2. The van der Waals surface area contributed by atoms with Crippen molar-refractivity contribution in [3.05, 3.63) is 42.0 Å². The normalized spacial score (nSPS) is 25.1. The minimum Gasteiger partial charge on any atom is -0.493 e. The Morgan fingerprint density at radius 1 is 1.18 bits per heavy atom. The van der Waals surface area contributed by atoms with Crippen LogP contribution < -0.4 is 4.74 Å². The third kappa shape index (κ3) is 10.5. The van der Waals surface area contributed by atoms with Crippen LogP contribution in [0.5, 0.6) is 5.75 Å². The minimum absolute atomic E-state index is 0.0633. The summed E-state index contributed by atoms with van der Waals surface area (Å²) in [5.41, 5.74) is 0.902. The molecule has 1 unspecified atom stereocenters. The van der Waals surface area contributed by atoms with Gasteiger partial charge in [-0.3, -0.25) is 9.69 Å². The van der Waals surface area contributed by atoms with Gasteiger partial charge in [-0.2, -0.15) is 0 Å². The van der Waals surface area contributed by atoms with E-state index in [1.807, 2.05) is 30.3 Å². The molecule has 0 aromatic heterocycles. The van der Waals surface area contributed by atoms with Crippen molar-refractivity contribution in [3.8, 4) is 5.75 Å². The molecule has 1 saturated carbocycles. The van der Waals surface area contributed by atoms with Gasteiger partial charge in [0.15, 0.2) is 0 Å². The fraction of sp³-hybridized carbons (Fsp3) is 0.700. The summed E-state index contributed by atoms with van der Waals surface area (Å²) in [7, 11) is 0. The lowest BCUT2D eigenvalue weighted by molar-refractivity contribution is -0.144. The Balaban J connectivity index is 1.36. The second-order valence-electron chi connectivity index (χ2n) is 10.5. The van der Waals surface area contributed by atoms with Crippen LogP contribution >= 0.6 is 11.6 Å². The number of benzene rings is 1. The van der Waals surface area contributed by atoms with E-state index in [-0.39, 0.29) is 23.2 Å². The second kappa shape index (κ2) is 17.1. The van der Waals surface area contributed by atoms with Crippen molar-refractivity contribution in [2.24, 2.45) is 11.8 Å². The number of hydrogen-bond donors (Lipinski definition) is 2. The highest BCUT2D eigenvalue weighted by atomic mass is 35.5. The zero-order valence-electron chi connectivity index (χ0n) is 22.8. The van der Waals surface area contributed by atoms with Crippen LogP contribution in [0.2, 0.25) is 0 Å². The quantitative estimate of drug-likeness (QED) is 0.131. The van der Waals surface area contributed by atoms with Crippen molar-refractivity contribution in [2.45, 2.75) is 75.9 Å². The maximum absolute atomic E-state index is 12.0. The number of alkyl halides is 1.